The first-order valence-electron chi connectivity index (χ1n) is 10.7. The molecule has 0 bridgehead atoms. The molecule has 34 heavy (non-hydrogen) atoms. The summed E-state index contributed by atoms with van der Waals surface area (Å²) in [6, 6.07) is 16.6. The zero-order valence-corrected chi connectivity index (χ0v) is 18.7. The van der Waals surface area contributed by atoms with E-state index in [2.05, 4.69) is 11.6 Å². The predicted molar refractivity (Wildman–Crippen MR) is 127 cm³/mol. The predicted octanol–water partition coefficient (Wildman–Crippen LogP) is 4.28. The Morgan fingerprint density at radius 1 is 1.09 bits per heavy atom. The molecule has 7 heteroatoms. The average molecular weight is 456 g/mol. The standard InChI is InChI=1S/C27H24N2O5/c1-3-15-34-22-12-8-20(9-13-22)25(30)23-24(19-6-10-21(33-2)11-7-19)29(27(32)26(23)31)17-18-5-4-14-28-16-18/h3-14,16,24,30H,1,15,17H2,2H3/t24-/m0/s1. The number of ether oxygens (including phenoxy) is 2. The fourth-order valence-corrected chi connectivity index (χ4v) is 3.88. The third-order valence-electron chi connectivity index (χ3n) is 5.54. The number of aliphatic hydroxyl groups is 1. The van der Waals surface area contributed by atoms with Gasteiger partial charge in [0, 0.05) is 24.5 Å². The highest BCUT2D eigenvalue weighted by Gasteiger charge is 2.46. The van der Waals surface area contributed by atoms with Crippen molar-refractivity contribution in [2.45, 2.75) is 12.6 Å². The third-order valence-corrected chi connectivity index (χ3v) is 5.54. The minimum Gasteiger partial charge on any atom is -0.507 e. The number of amides is 1. The number of hydrogen-bond donors (Lipinski definition) is 1. The van der Waals surface area contributed by atoms with Gasteiger partial charge in [-0.1, -0.05) is 30.9 Å². The van der Waals surface area contributed by atoms with Crippen molar-refractivity contribution >= 4 is 17.4 Å². The molecule has 0 radical (unpaired) electrons. The van der Waals surface area contributed by atoms with Gasteiger partial charge in [-0.3, -0.25) is 14.6 Å². The van der Waals surface area contributed by atoms with E-state index in [0.717, 1.165) is 5.56 Å². The van der Waals surface area contributed by atoms with E-state index in [1.54, 1.807) is 80.2 Å². The number of hydrogen-bond acceptors (Lipinski definition) is 6. The number of carbonyl (C=O) groups is 2. The second-order valence-corrected chi connectivity index (χ2v) is 7.69. The quantitative estimate of drug-likeness (QED) is 0.236. The zero-order valence-electron chi connectivity index (χ0n) is 18.7. The molecule has 1 saturated heterocycles. The molecule has 1 aliphatic rings. The van der Waals surface area contributed by atoms with Gasteiger partial charge in [0.2, 0.25) is 0 Å². The maximum absolute atomic E-state index is 13.2. The van der Waals surface area contributed by atoms with E-state index < -0.39 is 17.7 Å². The van der Waals surface area contributed by atoms with Crippen molar-refractivity contribution in [3.05, 3.63) is 108 Å². The van der Waals surface area contributed by atoms with Gasteiger partial charge in [0.05, 0.1) is 18.7 Å². The second-order valence-electron chi connectivity index (χ2n) is 7.69. The molecule has 1 atom stereocenters. The molecule has 0 saturated carbocycles. The van der Waals surface area contributed by atoms with E-state index in [0.29, 0.717) is 29.2 Å². The van der Waals surface area contributed by atoms with Gasteiger partial charge in [-0.25, -0.2) is 0 Å². The largest absolute Gasteiger partial charge is 0.507 e. The van der Waals surface area contributed by atoms with E-state index >= 15 is 0 Å². The Morgan fingerprint density at radius 3 is 2.41 bits per heavy atom. The summed E-state index contributed by atoms with van der Waals surface area (Å²) in [5.74, 6) is -0.433. The first-order chi connectivity index (χ1) is 16.5. The molecule has 7 nitrogen and oxygen atoms in total. The fraction of sp³-hybridized carbons (Fsp3) is 0.148. The highest BCUT2D eigenvalue weighted by atomic mass is 16.5. The summed E-state index contributed by atoms with van der Waals surface area (Å²) < 4.78 is 10.7. The summed E-state index contributed by atoms with van der Waals surface area (Å²) >= 11 is 0. The van der Waals surface area contributed by atoms with E-state index in [1.807, 2.05) is 6.07 Å². The van der Waals surface area contributed by atoms with Crippen LogP contribution in [0, 0.1) is 0 Å². The number of rotatable bonds is 8. The summed E-state index contributed by atoms with van der Waals surface area (Å²) in [5, 5.41) is 11.2. The van der Waals surface area contributed by atoms with Crippen LogP contribution in [0.2, 0.25) is 0 Å². The van der Waals surface area contributed by atoms with Crippen molar-refractivity contribution < 1.29 is 24.2 Å². The fourth-order valence-electron chi connectivity index (χ4n) is 3.88. The molecule has 2 aromatic carbocycles. The molecule has 3 aromatic rings. The summed E-state index contributed by atoms with van der Waals surface area (Å²) in [5.41, 5.74) is 1.88. The van der Waals surface area contributed by atoms with E-state index in [-0.39, 0.29) is 17.9 Å². The molecule has 1 amide bonds. The van der Waals surface area contributed by atoms with Gasteiger partial charge in [0.1, 0.15) is 23.9 Å². The highest BCUT2D eigenvalue weighted by Crippen LogP contribution is 2.40. The van der Waals surface area contributed by atoms with Crippen molar-refractivity contribution in [1.82, 2.24) is 9.88 Å². The number of carbonyl (C=O) groups excluding carboxylic acids is 2. The van der Waals surface area contributed by atoms with Crippen molar-refractivity contribution in [3.63, 3.8) is 0 Å². The monoisotopic (exact) mass is 456 g/mol. The van der Waals surface area contributed by atoms with Crippen LogP contribution in [0.5, 0.6) is 11.5 Å². The summed E-state index contributed by atoms with van der Waals surface area (Å²) in [6.45, 7) is 4.13. The highest BCUT2D eigenvalue weighted by molar-refractivity contribution is 6.46. The van der Waals surface area contributed by atoms with Crippen LogP contribution in [0.3, 0.4) is 0 Å². The Morgan fingerprint density at radius 2 is 1.79 bits per heavy atom. The van der Waals surface area contributed by atoms with Crippen molar-refractivity contribution in [1.29, 1.82) is 0 Å². The van der Waals surface area contributed by atoms with Crippen molar-refractivity contribution in [2.24, 2.45) is 0 Å². The van der Waals surface area contributed by atoms with Gasteiger partial charge in [-0.15, -0.1) is 0 Å². The van der Waals surface area contributed by atoms with Crippen LogP contribution >= 0.6 is 0 Å². The Bertz CT molecular complexity index is 1220. The van der Waals surface area contributed by atoms with E-state index in [1.165, 1.54) is 4.90 Å². The van der Waals surface area contributed by atoms with Crippen LogP contribution in [0.1, 0.15) is 22.7 Å². The lowest BCUT2D eigenvalue weighted by atomic mass is 9.95. The Kier molecular flexibility index (Phi) is 6.73. The summed E-state index contributed by atoms with van der Waals surface area (Å²) in [4.78, 5) is 31.8. The van der Waals surface area contributed by atoms with Crippen LogP contribution < -0.4 is 9.47 Å². The molecule has 2 heterocycles. The molecule has 0 unspecified atom stereocenters. The molecule has 4 rings (SSSR count). The Labute approximate surface area is 197 Å². The Hall–Kier alpha value is -4.39. The molecule has 1 aliphatic heterocycles. The molecule has 1 aromatic heterocycles. The van der Waals surface area contributed by atoms with Gasteiger partial charge in [-0.2, -0.15) is 0 Å². The normalized spacial score (nSPS) is 17.0. The van der Waals surface area contributed by atoms with Gasteiger partial charge >= 0.3 is 0 Å². The SMILES string of the molecule is C=CCOc1ccc(C(O)=C2C(=O)C(=O)N(Cc3cccnc3)[C@H]2c2ccc(OC)cc2)cc1. The lowest BCUT2D eigenvalue weighted by molar-refractivity contribution is -0.140. The maximum Gasteiger partial charge on any atom is 0.295 e. The molecule has 0 spiro atoms. The summed E-state index contributed by atoms with van der Waals surface area (Å²) in [7, 11) is 1.56. The van der Waals surface area contributed by atoms with Gasteiger partial charge in [0.25, 0.3) is 11.7 Å². The van der Waals surface area contributed by atoms with Crippen molar-refractivity contribution in [3.8, 4) is 11.5 Å². The van der Waals surface area contributed by atoms with Crippen LogP contribution in [-0.4, -0.2) is 40.4 Å². The molecular formula is C27H24N2O5. The number of likely N-dealkylation sites (tertiary alicyclic amines) is 1. The van der Waals surface area contributed by atoms with E-state index in [9.17, 15) is 14.7 Å². The first kappa shape index (κ1) is 22.8. The minimum atomic E-state index is -0.775. The molecule has 1 fully saturated rings. The van der Waals surface area contributed by atoms with Crippen LogP contribution in [0.25, 0.3) is 5.76 Å². The van der Waals surface area contributed by atoms with Crippen LogP contribution in [0.15, 0.2) is 91.3 Å². The number of nitrogens with zero attached hydrogens (tertiary/aromatic N) is 2. The molecule has 1 N–H and O–H groups in total. The Balaban J connectivity index is 1.78. The average Bonchev–Trinajstić information content (AvgIpc) is 3.13. The van der Waals surface area contributed by atoms with Gasteiger partial charge < -0.3 is 19.5 Å². The first-order valence-corrected chi connectivity index (χ1v) is 10.7. The third kappa shape index (κ3) is 4.54. The van der Waals surface area contributed by atoms with Crippen molar-refractivity contribution in [2.75, 3.05) is 13.7 Å². The smallest absolute Gasteiger partial charge is 0.295 e. The number of aliphatic hydroxyl groups excluding tert-OH is 1. The zero-order chi connectivity index (χ0) is 24.1. The van der Waals surface area contributed by atoms with E-state index in [4.69, 9.17) is 9.47 Å². The number of aromatic nitrogens is 1. The van der Waals surface area contributed by atoms with Gasteiger partial charge in [-0.05, 0) is 53.6 Å². The summed E-state index contributed by atoms with van der Waals surface area (Å²) in [6.07, 6.45) is 4.92. The van der Waals surface area contributed by atoms with Gasteiger partial charge in [0.15, 0.2) is 0 Å². The lowest BCUT2D eigenvalue weighted by Crippen LogP contribution is -2.29. The number of methoxy groups -OCH3 is 1. The number of pyridine rings is 1. The molecule has 172 valence electrons. The van der Waals surface area contributed by atoms with Crippen LogP contribution in [-0.2, 0) is 16.1 Å². The van der Waals surface area contributed by atoms with Crippen LogP contribution in [0.4, 0.5) is 0 Å². The molecular weight excluding hydrogens is 432 g/mol. The second kappa shape index (κ2) is 10.0. The number of Topliss-reactive ketones (excluding diaryl/α,β-unsaturated/α-hetero) is 1. The minimum absolute atomic E-state index is 0.0267. The lowest BCUT2D eigenvalue weighted by Gasteiger charge is -2.25. The topological polar surface area (TPSA) is 89.0 Å². The number of benzene rings is 2. The number of ketones is 1. The maximum atomic E-state index is 13.2. The molecule has 0 aliphatic carbocycles.